The molecule has 0 amide bonds. The van der Waals surface area contributed by atoms with Crippen LogP contribution in [0.2, 0.25) is 6.32 Å². The van der Waals surface area contributed by atoms with Gasteiger partial charge in [0.25, 0.3) is 0 Å². The molecule has 6 heteroatoms. The fourth-order valence-electron chi connectivity index (χ4n) is 1.79. The van der Waals surface area contributed by atoms with Gasteiger partial charge < -0.3 is 20.9 Å². The first-order valence-electron chi connectivity index (χ1n) is 5.66. The molecule has 5 N–H and O–H groups in total. The monoisotopic (exact) mass is 231 g/mol. The molecule has 0 spiro atoms. The van der Waals surface area contributed by atoms with E-state index in [0.29, 0.717) is 25.7 Å². The zero-order chi connectivity index (χ0) is 12.8. The van der Waals surface area contributed by atoms with Gasteiger partial charge in [-0.2, -0.15) is 0 Å². The molecule has 0 saturated carbocycles. The first-order valence-corrected chi connectivity index (χ1v) is 5.66. The third-order valence-corrected chi connectivity index (χ3v) is 2.53. The molecule has 0 bridgehead atoms. The van der Waals surface area contributed by atoms with E-state index in [1.54, 1.807) is 0 Å². The van der Waals surface area contributed by atoms with Crippen LogP contribution < -0.4 is 5.73 Å². The van der Waals surface area contributed by atoms with Gasteiger partial charge in [-0.15, -0.1) is 0 Å². The van der Waals surface area contributed by atoms with Gasteiger partial charge in [-0.3, -0.25) is 4.79 Å². The van der Waals surface area contributed by atoms with Crippen molar-refractivity contribution in [3.05, 3.63) is 0 Å². The highest BCUT2D eigenvalue weighted by atomic mass is 16.4. The standard InChI is InChI=1S/C10H22BNO4/c1-8(2)7-10(12,9(13)14)5-3-4-6-11(15)16/h8,15-16H,3-7,12H2,1-2H3,(H,13,14)/t10-/m0/s1. The van der Waals surface area contributed by atoms with Crippen molar-refractivity contribution >= 4 is 13.1 Å². The molecule has 5 nitrogen and oxygen atoms in total. The molecule has 0 aliphatic rings. The first-order chi connectivity index (χ1) is 7.28. The van der Waals surface area contributed by atoms with Crippen molar-refractivity contribution in [2.24, 2.45) is 11.7 Å². The molecular weight excluding hydrogens is 209 g/mol. The Balaban J connectivity index is 4.08. The van der Waals surface area contributed by atoms with E-state index in [2.05, 4.69) is 0 Å². The molecule has 0 unspecified atom stereocenters. The Hall–Kier alpha value is -0.585. The van der Waals surface area contributed by atoms with Gasteiger partial charge in [-0.25, -0.2) is 0 Å². The Morgan fingerprint density at radius 1 is 1.38 bits per heavy atom. The Bertz CT molecular complexity index is 223. The van der Waals surface area contributed by atoms with Gasteiger partial charge in [0.15, 0.2) is 0 Å². The van der Waals surface area contributed by atoms with Crippen LogP contribution >= 0.6 is 0 Å². The molecular formula is C10H22BNO4. The molecule has 0 fully saturated rings. The van der Waals surface area contributed by atoms with E-state index < -0.39 is 18.6 Å². The van der Waals surface area contributed by atoms with E-state index in [1.165, 1.54) is 0 Å². The van der Waals surface area contributed by atoms with Crippen LogP contribution in [0.5, 0.6) is 0 Å². The summed E-state index contributed by atoms with van der Waals surface area (Å²) < 4.78 is 0. The summed E-state index contributed by atoms with van der Waals surface area (Å²) in [5, 5.41) is 26.4. The molecule has 0 radical (unpaired) electrons. The van der Waals surface area contributed by atoms with E-state index in [1.807, 2.05) is 13.8 Å². The second kappa shape index (κ2) is 6.88. The molecule has 0 aliphatic carbocycles. The minimum absolute atomic E-state index is 0.226. The van der Waals surface area contributed by atoms with Crippen LogP contribution in [-0.4, -0.2) is 33.8 Å². The van der Waals surface area contributed by atoms with E-state index in [0.717, 1.165) is 0 Å². The number of carbonyl (C=O) groups is 1. The third-order valence-electron chi connectivity index (χ3n) is 2.53. The zero-order valence-electron chi connectivity index (χ0n) is 10.0. The fourth-order valence-corrected chi connectivity index (χ4v) is 1.79. The number of carboxylic acid groups (broad SMARTS) is 1. The third kappa shape index (κ3) is 6.10. The summed E-state index contributed by atoms with van der Waals surface area (Å²) in [6, 6.07) is 0. The average molecular weight is 231 g/mol. The number of nitrogens with two attached hydrogens (primary N) is 1. The number of unbranched alkanes of at least 4 members (excludes halogenated alkanes) is 1. The van der Waals surface area contributed by atoms with Gasteiger partial charge in [-0.05, 0) is 25.1 Å². The van der Waals surface area contributed by atoms with Crippen molar-refractivity contribution < 1.29 is 19.9 Å². The molecule has 0 aromatic heterocycles. The van der Waals surface area contributed by atoms with Crippen molar-refractivity contribution in [2.75, 3.05) is 0 Å². The van der Waals surface area contributed by atoms with E-state index >= 15 is 0 Å². The highest BCUT2D eigenvalue weighted by molar-refractivity contribution is 6.40. The fraction of sp³-hybridized carbons (Fsp3) is 0.900. The Labute approximate surface area is 96.8 Å². The molecule has 0 saturated heterocycles. The van der Waals surface area contributed by atoms with Crippen molar-refractivity contribution in [1.29, 1.82) is 0 Å². The van der Waals surface area contributed by atoms with Gasteiger partial charge >= 0.3 is 13.1 Å². The van der Waals surface area contributed by atoms with Crippen LogP contribution in [0.3, 0.4) is 0 Å². The summed E-state index contributed by atoms with van der Waals surface area (Å²) in [6.45, 7) is 3.87. The highest BCUT2D eigenvalue weighted by Gasteiger charge is 2.33. The summed E-state index contributed by atoms with van der Waals surface area (Å²) in [7, 11) is -1.32. The Morgan fingerprint density at radius 2 is 1.94 bits per heavy atom. The molecule has 94 valence electrons. The van der Waals surface area contributed by atoms with Gasteiger partial charge in [0, 0.05) is 0 Å². The van der Waals surface area contributed by atoms with E-state index in [9.17, 15) is 4.79 Å². The number of hydrogen-bond acceptors (Lipinski definition) is 4. The minimum Gasteiger partial charge on any atom is -0.480 e. The molecule has 16 heavy (non-hydrogen) atoms. The molecule has 0 heterocycles. The lowest BCUT2D eigenvalue weighted by Gasteiger charge is -2.26. The maximum Gasteiger partial charge on any atom is 0.451 e. The molecule has 0 aromatic carbocycles. The Morgan fingerprint density at radius 3 is 2.31 bits per heavy atom. The normalized spacial score (nSPS) is 14.9. The summed E-state index contributed by atoms with van der Waals surface area (Å²) >= 11 is 0. The largest absolute Gasteiger partial charge is 0.480 e. The maximum atomic E-state index is 11.1. The summed E-state index contributed by atoms with van der Waals surface area (Å²) in [5.41, 5.74) is 4.65. The predicted octanol–water partition coefficient (Wildman–Crippen LogP) is 0.458. The van der Waals surface area contributed by atoms with Crippen LogP contribution in [0.4, 0.5) is 0 Å². The van der Waals surface area contributed by atoms with Crippen molar-refractivity contribution in [3.63, 3.8) is 0 Å². The van der Waals surface area contributed by atoms with Gasteiger partial charge in [-0.1, -0.05) is 26.7 Å². The lowest BCUT2D eigenvalue weighted by molar-refractivity contribution is -0.144. The minimum atomic E-state index is -1.32. The van der Waals surface area contributed by atoms with Gasteiger partial charge in [0.2, 0.25) is 0 Å². The first kappa shape index (κ1) is 15.4. The number of rotatable bonds is 8. The SMILES string of the molecule is CC(C)C[C@@](N)(CCCCB(O)O)C(=O)O. The second-order valence-electron chi connectivity index (χ2n) is 4.79. The van der Waals surface area contributed by atoms with Crippen LogP contribution in [0, 0.1) is 5.92 Å². The smallest absolute Gasteiger partial charge is 0.451 e. The van der Waals surface area contributed by atoms with Crippen molar-refractivity contribution in [2.45, 2.75) is 51.4 Å². The van der Waals surface area contributed by atoms with Crippen molar-refractivity contribution in [1.82, 2.24) is 0 Å². The summed E-state index contributed by atoms with van der Waals surface area (Å²) in [5.74, 6) is -0.754. The maximum absolute atomic E-state index is 11.1. The van der Waals surface area contributed by atoms with Crippen LogP contribution in [0.15, 0.2) is 0 Å². The number of carboxylic acids is 1. The number of hydrogen-bond donors (Lipinski definition) is 4. The lowest BCUT2D eigenvalue weighted by Crippen LogP contribution is -2.48. The quantitative estimate of drug-likeness (QED) is 0.359. The predicted molar refractivity (Wildman–Crippen MR) is 62.9 cm³/mol. The lowest BCUT2D eigenvalue weighted by atomic mass is 9.80. The highest BCUT2D eigenvalue weighted by Crippen LogP contribution is 2.21. The summed E-state index contributed by atoms with van der Waals surface area (Å²) in [6.07, 6.45) is 2.23. The van der Waals surface area contributed by atoms with Crippen LogP contribution in [0.1, 0.15) is 39.5 Å². The van der Waals surface area contributed by atoms with Crippen LogP contribution in [-0.2, 0) is 4.79 Å². The number of aliphatic carboxylic acids is 1. The molecule has 0 aliphatic heterocycles. The van der Waals surface area contributed by atoms with E-state index in [-0.39, 0.29) is 12.2 Å². The van der Waals surface area contributed by atoms with Crippen molar-refractivity contribution in [3.8, 4) is 0 Å². The Kier molecular flexibility index (Phi) is 6.63. The molecule has 1 atom stereocenters. The van der Waals surface area contributed by atoms with Gasteiger partial charge in [0.1, 0.15) is 5.54 Å². The van der Waals surface area contributed by atoms with Gasteiger partial charge in [0.05, 0.1) is 0 Å². The van der Waals surface area contributed by atoms with E-state index in [4.69, 9.17) is 20.9 Å². The average Bonchev–Trinajstić information content (AvgIpc) is 2.10. The second-order valence-corrected chi connectivity index (χ2v) is 4.79. The molecule has 0 aromatic rings. The summed E-state index contributed by atoms with van der Waals surface area (Å²) in [4.78, 5) is 11.1. The zero-order valence-corrected chi connectivity index (χ0v) is 10.0. The molecule has 0 rings (SSSR count). The topological polar surface area (TPSA) is 104 Å². The van der Waals surface area contributed by atoms with Crippen LogP contribution in [0.25, 0.3) is 0 Å².